The number of aromatic nitrogens is 1. The van der Waals surface area contributed by atoms with Gasteiger partial charge in [0.15, 0.2) is 0 Å². The topological polar surface area (TPSA) is 15.8 Å². The second-order valence-corrected chi connectivity index (χ2v) is 3.91. The summed E-state index contributed by atoms with van der Waals surface area (Å²) in [7, 11) is 0. The molecular formula is C12H12BrN. The van der Waals surface area contributed by atoms with Crippen LogP contribution < -0.4 is 0 Å². The molecule has 1 aromatic carbocycles. The van der Waals surface area contributed by atoms with E-state index in [1.54, 1.807) is 0 Å². The van der Waals surface area contributed by atoms with Crippen molar-refractivity contribution in [2.24, 2.45) is 0 Å². The molecule has 1 aromatic heterocycles. The number of nitrogens with one attached hydrogen (secondary N) is 1. The van der Waals surface area contributed by atoms with E-state index in [0.29, 0.717) is 0 Å². The quantitative estimate of drug-likeness (QED) is 0.778. The minimum Gasteiger partial charge on any atom is -0.358 e. The summed E-state index contributed by atoms with van der Waals surface area (Å²) in [5.41, 5.74) is 3.72. The van der Waals surface area contributed by atoms with E-state index in [2.05, 4.69) is 64.3 Å². The van der Waals surface area contributed by atoms with Gasteiger partial charge in [-0.25, -0.2) is 0 Å². The summed E-state index contributed by atoms with van der Waals surface area (Å²) in [4.78, 5) is 3.37. The highest BCUT2D eigenvalue weighted by Crippen LogP contribution is 2.22. The molecule has 0 atom stereocenters. The number of fused-ring (bicyclic) bond motifs is 1. The van der Waals surface area contributed by atoms with Crippen LogP contribution in [0, 0.1) is 6.92 Å². The van der Waals surface area contributed by atoms with Crippen molar-refractivity contribution in [3.05, 3.63) is 41.6 Å². The monoisotopic (exact) mass is 249 g/mol. The van der Waals surface area contributed by atoms with Crippen LogP contribution in [0.3, 0.4) is 0 Å². The molecule has 0 aliphatic heterocycles. The summed E-state index contributed by atoms with van der Waals surface area (Å²) in [6.07, 6.45) is 4.27. The maximum Gasteiger partial charge on any atom is 0.0462 e. The lowest BCUT2D eigenvalue weighted by molar-refractivity contribution is 1.29. The molecule has 0 saturated carbocycles. The van der Waals surface area contributed by atoms with E-state index in [0.717, 1.165) is 5.33 Å². The van der Waals surface area contributed by atoms with Crippen molar-refractivity contribution in [1.29, 1.82) is 0 Å². The van der Waals surface area contributed by atoms with Gasteiger partial charge in [-0.05, 0) is 13.0 Å². The van der Waals surface area contributed by atoms with Crippen molar-refractivity contribution in [3.8, 4) is 0 Å². The molecule has 2 heteroatoms. The van der Waals surface area contributed by atoms with Crippen LogP contribution in [-0.4, -0.2) is 10.3 Å². The molecule has 1 nitrogen and oxygen atoms in total. The summed E-state index contributed by atoms with van der Waals surface area (Å²) in [6, 6.07) is 8.37. The molecule has 0 saturated heterocycles. The van der Waals surface area contributed by atoms with Crippen molar-refractivity contribution in [2.75, 3.05) is 5.33 Å². The van der Waals surface area contributed by atoms with Crippen LogP contribution in [0.5, 0.6) is 0 Å². The summed E-state index contributed by atoms with van der Waals surface area (Å²) >= 11 is 3.39. The number of allylic oxidation sites excluding steroid dienone is 1. The predicted molar refractivity (Wildman–Crippen MR) is 65.9 cm³/mol. The molecule has 0 fully saturated rings. The number of H-pyrrole nitrogens is 1. The average molecular weight is 250 g/mol. The standard InChI is InChI=1S/C12H12BrN/c1-9-10(6-4-8-13)11-5-2-3-7-12(11)14-9/h2-7,14H,8H2,1H3. The van der Waals surface area contributed by atoms with E-state index < -0.39 is 0 Å². The lowest BCUT2D eigenvalue weighted by Gasteiger charge is -1.91. The minimum absolute atomic E-state index is 0.895. The van der Waals surface area contributed by atoms with Crippen LogP contribution in [-0.2, 0) is 0 Å². The normalized spacial score (nSPS) is 11.6. The molecule has 2 aromatic rings. The smallest absolute Gasteiger partial charge is 0.0462 e. The zero-order valence-corrected chi connectivity index (χ0v) is 9.64. The fraction of sp³-hybridized carbons (Fsp3) is 0.167. The fourth-order valence-corrected chi connectivity index (χ4v) is 1.86. The van der Waals surface area contributed by atoms with Gasteiger partial charge in [-0.15, -0.1) is 0 Å². The van der Waals surface area contributed by atoms with E-state index in [4.69, 9.17) is 0 Å². The lowest BCUT2D eigenvalue weighted by Crippen LogP contribution is -1.73. The van der Waals surface area contributed by atoms with E-state index in [1.165, 1.54) is 22.2 Å². The Balaban J connectivity index is 2.62. The number of alkyl halides is 1. The van der Waals surface area contributed by atoms with Gasteiger partial charge in [-0.2, -0.15) is 0 Å². The van der Waals surface area contributed by atoms with Crippen LogP contribution in [0.15, 0.2) is 30.3 Å². The van der Waals surface area contributed by atoms with Gasteiger partial charge in [-0.1, -0.05) is 46.3 Å². The molecule has 14 heavy (non-hydrogen) atoms. The maximum atomic E-state index is 3.39. The van der Waals surface area contributed by atoms with E-state index in [9.17, 15) is 0 Å². The SMILES string of the molecule is Cc1[nH]c2ccccc2c1C=CCBr. The number of rotatable bonds is 2. The predicted octanol–water partition coefficient (Wildman–Crippen LogP) is 3.88. The van der Waals surface area contributed by atoms with Gasteiger partial charge < -0.3 is 4.98 Å². The summed E-state index contributed by atoms with van der Waals surface area (Å²) in [5.74, 6) is 0. The Labute approximate surface area is 92.0 Å². The summed E-state index contributed by atoms with van der Waals surface area (Å²) < 4.78 is 0. The second-order valence-electron chi connectivity index (χ2n) is 3.27. The first-order valence-corrected chi connectivity index (χ1v) is 5.75. The third-order valence-corrected chi connectivity index (χ3v) is 2.69. The Morgan fingerprint density at radius 1 is 1.36 bits per heavy atom. The third kappa shape index (κ3) is 1.62. The molecule has 0 spiro atoms. The van der Waals surface area contributed by atoms with Crippen LogP contribution >= 0.6 is 15.9 Å². The number of halogens is 1. The summed E-state index contributed by atoms with van der Waals surface area (Å²) in [6.45, 7) is 2.11. The van der Waals surface area contributed by atoms with Gasteiger partial charge in [0.05, 0.1) is 0 Å². The number of benzene rings is 1. The van der Waals surface area contributed by atoms with Crippen molar-refractivity contribution >= 4 is 32.9 Å². The molecule has 2 rings (SSSR count). The van der Waals surface area contributed by atoms with Gasteiger partial charge in [0.25, 0.3) is 0 Å². The first-order valence-electron chi connectivity index (χ1n) is 4.62. The fourth-order valence-electron chi connectivity index (χ4n) is 1.68. The zero-order valence-electron chi connectivity index (χ0n) is 8.05. The molecule has 1 heterocycles. The van der Waals surface area contributed by atoms with Gasteiger partial charge in [0.1, 0.15) is 0 Å². The van der Waals surface area contributed by atoms with Gasteiger partial charge >= 0.3 is 0 Å². The Morgan fingerprint density at radius 2 is 2.14 bits per heavy atom. The van der Waals surface area contributed by atoms with Gasteiger partial charge in [-0.3, -0.25) is 0 Å². The number of para-hydroxylation sites is 1. The molecule has 0 unspecified atom stereocenters. The van der Waals surface area contributed by atoms with Gasteiger partial charge in [0.2, 0.25) is 0 Å². The number of aromatic amines is 1. The number of aryl methyl sites for hydroxylation is 1. The van der Waals surface area contributed by atoms with Crippen molar-refractivity contribution in [1.82, 2.24) is 4.98 Å². The minimum atomic E-state index is 0.895. The molecule has 0 amide bonds. The molecule has 1 N–H and O–H groups in total. The molecule has 0 aliphatic carbocycles. The molecule has 0 radical (unpaired) electrons. The van der Waals surface area contributed by atoms with E-state index >= 15 is 0 Å². The first-order chi connectivity index (χ1) is 6.83. The Bertz CT molecular complexity index is 468. The first kappa shape index (κ1) is 9.53. The average Bonchev–Trinajstić information content (AvgIpc) is 2.51. The van der Waals surface area contributed by atoms with Crippen LogP contribution in [0.1, 0.15) is 11.3 Å². The van der Waals surface area contributed by atoms with E-state index in [1.807, 2.05) is 0 Å². The Hall–Kier alpha value is -1.02. The highest BCUT2D eigenvalue weighted by atomic mass is 79.9. The summed E-state index contributed by atoms with van der Waals surface area (Å²) in [5, 5.41) is 2.19. The third-order valence-electron chi connectivity index (χ3n) is 2.32. The lowest BCUT2D eigenvalue weighted by atomic mass is 10.1. The largest absolute Gasteiger partial charge is 0.358 e. The van der Waals surface area contributed by atoms with Crippen LogP contribution in [0.4, 0.5) is 0 Å². The Kier molecular flexibility index (Phi) is 2.73. The molecule has 72 valence electrons. The van der Waals surface area contributed by atoms with Crippen LogP contribution in [0.25, 0.3) is 17.0 Å². The molecule has 0 aliphatic rings. The number of hydrogen-bond acceptors (Lipinski definition) is 0. The highest BCUT2D eigenvalue weighted by Gasteiger charge is 2.03. The van der Waals surface area contributed by atoms with Crippen molar-refractivity contribution < 1.29 is 0 Å². The van der Waals surface area contributed by atoms with Gasteiger partial charge in [0, 0.05) is 27.5 Å². The highest BCUT2D eigenvalue weighted by molar-refractivity contribution is 9.09. The second kappa shape index (κ2) is 4.01. The van der Waals surface area contributed by atoms with Crippen molar-refractivity contribution in [2.45, 2.75) is 6.92 Å². The van der Waals surface area contributed by atoms with Crippen molar-refractivity contribution in [3.63, 3.8) is 0 Å². The Morgan fingerprint density at radius 3 is 2.93 bits per heavy atom. The maximum absolute atomic E-state index is 3.39. The number of hydrogen-bond donors (Lipinski definition) is 1. The zero-order chi connectivity index (χ0) is 9.97. The van der Waals surface area contributed by atoms with E-state index in [-0.39, 0.29) is 0 Å². The molecule has 0 bridgehead atoms. The van der Waals surface area contributed by atoms with Crippen LogP contribution in [0.2, 0.25) is 0 Å². The molecular weight excluding hydrogens is 238 g/mol.